The summed E-state index contributed by atoms with van der Waals surface area (Å²) in [5.74, 6) is -0.523. The molecule has 2 aromatic heterocycles. The van der Waals surface area contributed by atoms with E-state index in [1.54, 1.807) is 0 Å². The van der Waals surface area contributed by atoms with Crippen molar-refractivity contribution in [3.05, 3.63) is 53.3 Å². The van der Waals surface area contributed by atoms with Crippen LogP contribution in [0.3, 0.4) is 0 Å². The molecular weight excluding hydrogens is 378 g/mol. The van der Waals surface area contributed by atoms with Crippen molar-refractivity contribution in [2.24, 2.45) is 12.0 Å². The standard InChI is InChI=1S/C16H13N3O3S3/c1-18-11-6-2-4-8-13(11)23-15(18)17-16-19(10-25(20,21)22)12-7-3-5-9-14(12)24-16/h2-9H,10H2,1H3/p+1. The summed E-state index contributed by atoms with van der Waals surface area (Å²) in [6.07, 6.45) is 0. The monoisotopic (exact) mass is 392 g/mol. The van der Waals surface area contributed by atoms with Gasteiger partial charge < -0.3 is 0 Å². The van der Waals surface area contributed by atoms with Crippen LogP contribution in [0.2, 0.25) is 0 Å². The van der Waals surface area contributed by atoms with Crippen molar-refractivity contribution in [1.29, 1.82) is 0 Å². The molecule has 1 N–H and O–H groups in total. The van der Waals surface area contributed by atoms with E-state index in [1.807, 2.05) is 60.1 Å². The minimum atomic E-state index is -4.18. The second kappa shape index (κ2) is 6.03. The minimum Gasteiger partial charge on any atom is -0.284 e. The molecule has 9 heteroatoms. The van der Waals surface area contributed by atoms with Gasteiger partial charge in [-0.2, -0.15) is 8.42 Å². The van der Waals surface area contributed by atoms with Crippen molar-refractivity contribution in [2.45, 2.75) is 5.88 Å². The summed E-state index contributed by atoms with van der Waals surface area (Å²) < 4.78 is 37.7. The zero-order valence-electron chi connectivity index (χ0n) is 13.2. The van der Waals surface area contributed by atoms with E-state index in [1.165, 1.54) is 27.2 Å². The maximum Gasteiger partial charge on any atom is 0.386 e. The number of rotatable bonds is 3. The van der Waals surface area contributed by atoms with Crippen LogP contribution in [0.1, 0.15) is 0 Å². The Bertz CT molecular complexity index is 1270. The maximum atomic E-state index is 11.4. The molecule has 25 heavy (non-hydrogen) atoms. The molecule has 0 unspecified atom stereocenters. The number of nitrogens with zero attached hydrogens (tertiary/aromatic N) is 3. The minimum absolute atomic E-state index is 0.523. The molecule has 0 amide bonds. The zero-order chi connectivity index (χ0) is 17.6. The van der Waals surface area contributed by atoms with E-state index in [0.29, 0.717) is 4.80 Å². The summed E-state index contributed by atoms with van der Waals surface area (Å²) in [4.78, 5) is 5.22. The Labute approximate surface area is 151 Å². The van der Waals surface area contributed by atoms with E-state index >= 15 is 0 Å². The molecule has 2 heterocycles. The topological polar surface area (TPSA) is 75.5 Å². The fourth-order valence-electron chi connectivity index (χ4n) is 2.66. The van der Waals surface area contributed by atoms with Crippen LogP contribution < -0.4 is 9.37 Å². The van der Waals surface area contributed by atoms with E-state index in [-0.39, 0.29) is 0 Å². The number of hydrogen-bond donors (Lipinski definition) is 1. The second-order valence-electron chi connectivity index (χ2n) is 5.51. The van der Waals surface area contributed by atoms with Gasteiger partial charge in [0, 0.05) is 4.99 Å². The van der Waals surface area contributed by atoms with E-state index in [2.05, 4.69) is 4.99 Å². The van der Waals surface area contributed by atoms with Crippen molar-refractivity contribution >= 4 is 58.4 Å². The molecule has 0 fully saturated rings. The average molecular weight is 393 g/mol. The molecular formula is C16H14N3O3S3+. The lowest BCUT2D eigenvalue weighted by Gasteiger charge is -1.99. The van der Waals surface area contributed by atoms with Crippen molar-refractivity contribution < 1.29 is 17.5 Å². The van der Waals surface area contributed by atoms with Crippen LogP contribution in [-0.2, 0) is 23.0 Å². The first-order valence-corrected chi connectivity index (χ1v) is 10.6. The molecule has 0 saturated carbocycles. The van der Waals surface area contributed by atoms with Crippen LogP contribution in [0.5, 0.6) is 0 Å². The Morgan fingerprint density at radius 2 is 1.76 bits per heavy atom. The van der Waals surface area contributed by atoms with Crippen molar-refractivity contribution in [2.75, 3.05) is 0 Å². The van der Waals surface area contributed by atoms with E-state index in [0.717, 1.165) is 25.6 Å². The van der Waals surface area contributed by atoms with Crippen molar-refractivity contribution in [1.82, 2.24) is 4.57 Å². The molecule has 4 rings (SSSR count). The fourth-order valence-corrected chi connectivity index (χ4v) is 5.44. The molecule has 0 saturated heterocycles. The SMILES string of the molecule is C[n+]1c(/N=c2\sc3ccccc3n2CS(=O)(=O)O)sc2ccccc21. The number of thiazole rings is 2. The first-order chi connectivity index (χ1) is 11.9. The highest BCUT2D eigenvalue weighted by molar-refractivity contribution is 7.84. The Morgan fingerprint density at radius 1 is 1.08 bits per heavy atom. The predicted molar refractivity (Wildman–Crippen MR) is 99.6 cm³/mol. The number of aryl methyl sites for hydroxylation is 1. The highest BCUT2D eigenvalue weighted by atomic mass is 32.2. The average Bonchev–Trinajstić information content (AvgIpc) is 3.06. The molecule has 0 bridgehead atoms. The molecule has 6 nitrogen and oxygen atoms in total. The predicted octanol–water partition coefficient (Wildman–Crippen LogP) is 2.82. The summed E-state index contributed by atoms with van der Waals surface area (Å²) in [5.41, 5.74) is 1.79. The largest absolute Gasteiger partial charge is 0.386 e. The zero-order valence-corrected chi connectivity index (χ0v) is 15.6. The van der Waals surface area contributed by atoms with E-state index < -0.39 is 16.0 Å². The smallest absolute Gasteiger partial charge is 0.284 e. The third-order valence-electron chi connectivity index (χ3n) is 3.79. The molecule has 0 aliphatic carbocycles. The molecule has 0 atom stereocenters. The van der Waals surface area contributed by atoms with E-state index in [9.17, 15) is 13.0 Å². The molecule has 0 aliphatic rings. The molecule has 4 aromatic rings. The Balaban J connectivity index is 2.00. The highest BCUT2D eigenvalue weighted by Gasteiger charge is 2.19. The van der Waals surface area contributed by atoms with Gasteiger partial charge in [-0.1, -0.05) is 35.6 Å². The summed E-state index contributed by atoms with van der Waals surface area (Å²) in [6, 6.07) is 15.4. The Hall–Kier alpha value is -2.07. The second-order valence-corrected chi connectivity index (χ2v) is 8.95. The number of fused-ring (bicyclic) bond motifs is 2. The van der Waals surface area contributed by atoms with Gasteiger partial charge in [-0.3, -0.25) is 9.12 Å². The van der Waals surface area contributed by atoms with Gasteiger partial charge in [0.2, 0.25) is 0 Å². The van der Waals surface area contributed by atoms with Crippen LogP contribution >= 0.6 is 22.7 Å². The van der Waals surface area contributed by atoms with Gasteiger partial charge in [0.1, 0.15) is 5.52 Å². The van der Waals surface area contributed by atoms with E-state index in [4.69, 9.17) is 0 Å². The molecule has 0 radical (unpaired) electrons. The van der Waals surface area contributed by atoms with Crippen LogP contribution in [0, 0.1) is 0 Å². The molecule has 0 spiro atoms. The van der Waals surface area contributed by atoms with Crippen molar-refractivity contribution in [3.63, 3.8) is 0 Å². The third kappa shape index (κ3) is 3.11. The fraction of sp³-hybridized carbons (Fsp3) is 0.125. The third-order valence-corrected chi connectivity index (χ3v) is 6.54. The van der Waals surface area contributed by atoms with Crippen LogP contribution in [0.4, 0.5) is 5.13 Å². The number of aromatic nitrogens is 2. The van der Waals surface area contributed by atoms with Gasteiger partial charge in [0.15, 0.2) is 5.88 Å². The lowest BCUT2D eigenvalue weighted by Crippen LogP contribution is -2.27. The van der Waals surface area contributed by atoms with Crippen LogP contribution in [0.25, 0.3) is 20.4 Å². The summed E-state index contributed by atoms with van der Waals surface area (Å²) in [5, 5.41) is 0.761. The van der Waals surface area contributed by atoms with Gasteiger partial charge in [0.05, 0.1) is 22.0 Å². The van der Waals surface area contributed by atoms with Gasteiger partial charge >= 0.3 is 9.93 Å². The molecule has 128 valence electrons. The number of benzene rings is 2. The Morgan fingerprint density at radius 3 is 2.48 bits per heavy atom. The molecule has 0 aliphatic heterocycles. The molecule has 2 aromatic carbocycles. The van der Waals surface area contributed by atoms with Crippen LogP contribution in [0.15, 0.2) is 53.5 Å². The summed E-state index contributed by atoms with van der Waals surface area (Å²) in [7, 11) is -2.25. The highest BCUT2D eigenvalue weighted by Crippen LogP contribution is 2.26. The summed E-state index contributed by atoms with van der Waals surface area (Å²) >= 11 is 2.93. The lowest BCUT2D eigenvalue weighted by molar-refractivity contribution is -0.627. The maximum absolute atomic E-state index is 11.4. The number of para-hydroxylation sites is 2. The quantitative estimate of drug-likeness (QED) is 0.430. The van der Waals surface area contributed by atoms with Crippen LogP contribution in [-0.4, -0.2) is 17.5 Å². The Kier molecular flexibility index (Phi) is 3.95. The first-order valence-electron chi connectivity index (χ1n) is 7.38. The van der Waals surface area contributed by atoms with Crippen molar-refractivity contribution in [3.8, 4) is 0 Å². The lowest BCUT2D eigenvalue weighted by atomic mass is 10.3. The van der Waals surface area contributed by atoms with Gasteiger partial charge in [-0.05, 0) is 35.6 Å². The normalized spacial score (nSPS) is 13.1. The summed E-state index contributed by atoms with van der Waals surface area (Å²) in [6.45, 7) is 0. The van der Waals surface area contributed by atoms with Gasteiger partial charge in [-0.25, -0.2) is 4.57 Å². The van der Waals surface area contributed by atoms with Gasteiger partial charge in [0.25, 0.3) is 10.1 Å². The number of hydrogen-bond acceptors (Lipinski definition) is 5. The van der Waals surface area contributed by atoms with Gasteiger partial charge in [-0.15, -0.1) is 0 Å². The first kappa shape index (κ1) is 16.4.